The van der Waals surface area contributed by atoms with Crippen LogP contribution in [-0.4, -0.2) is 21.3 Å². The molecular weight excluding hydrogens is 226 g/mol. The van der Waals surface area contributed by atoms with Crippen LogP contribution in [0.4, 0.5) is 0 Å². The molecule has 1 heterocycles. The first-order chi connectivity index (χ1) is 8.83. The Kier molecular flexibility index (Phi) is 4.05. The highest BCUT2D eigenvalue weighted by molar-refractivity contribution is 5.35. The molecule has 92 valence electrons. The van der Waals surface area contributed by atoms with E-state index >= 15 is 0 Å². The minimum atomic E-state index is 0.185. The Morgan fingerprint density at radius 3 is 3.06 bits per heavy atom. The topological polar surface area (TPSA) is 66.5 Å². The van der Waals surface area contributed by atoms with E-state index in [9.17, 15) is 0 Å². The van der Waals surface area contributed by atoms with Crippen LogP contribution in [0, 0.1) is 11.3 Å². The molecule has 0 spiro atoms. The van der Waals surface area contributed by atoms with E-state index in [1.54, 1.807) is 11.0 Å². The van der Waals surface area contributed by atoms with Gasteiger partial charge in [-0.3, -0.25) is 0 Å². The first kappa shape index (κ1) is 12.3. The third-order valence-corrected chi connectivity index (χ3v) is 2.52. The maximum Gasteiger partial charge on any atom is 0.252 e. The van der Waals surface area contributed by atoms with E-state index in [2.05, 4.69) is 28.4 Å². The third-order valence-electron chi connectivity index (χ3n) is 2.52. The molecular formula is C13H15N5. The Balaban J connectivity index is 2.14. The van der Waals surface area contributed by atoms with Gasteiger partial charge in [-0.25, -0.2) is 9.67 Å². The van der Waals surface area contributed by atoms with Crippen LogP contribution in [0.5, 0.6) is 0 Å². The van der Waals surface area contributed by atoms with Crippen LogP contribution in [0.25, 0.3) is 5.69 Å². The van der Waals surface area contributed by atoms with Gasteiger partial charge in [0.1, 0.15) is 12.4 Å². The molecule has 1 aromatic carbocycles. The molecule has 5 heteroatoms. The second-order valence-electron chi connectivity index (χ2n) is 3.97. The number of benzene rings is 1. The van der Waals surface area contributed by atoms with Crippen molar-refractivity contribution in [3.05, 3.63) is 42.0 Å². The average Bonchev–Trinajstić information content (AvgIpc) is 2.88. The number of nitriles is 1. The van der Waals surface area contributed by atoms with Crippen molar-refractivity contribution in [1.82, 2.24) is 20.1 Å². The van der Waals surface area contributed by atoms with Crippen molar-refractivity contribution in [3.63, 3.8) is 0 Å². The summed E-state index contributed by atoms with van der Waals surface area (Å²) in [6.45, 7) is 3.98. The summed E-state index contributed by atoms with van der Waals surface area (Å²) >= 11 is 0. The van der Waals surface area contributed by atoms with Crippen molar-refractivity contribution >= 4 is 0 Å². The van der Waals surface area contributed by atoms with E-state index in [4.69, 9.17) is 5.26 Å². The zero-order valence-corrected chi connectivity index (χ0v) is 10.3. The van der Waals surface area contributed by atoms with Gasteiger partial charge in [-0.15, -0.1) is 5.10 Å². The van der Waals surface area contributed by atoms with Gasteiger partial charge >= 0.3 is 0 Å². The van der Waals surface area contributed by atoms with E-state index in [0.717, 1.165) is 25.2 Å². The predicted octanol–water partition coefficient (Wildman–Crippen LogP) is 1.64. The van der Waals surface area contributed by atoms with Crippen molar-refractivity contribution in [2.45, 2.75) is 19.9 Å². The van der Waals surface area contributed by atoms with Crippen LogP contribution in [-0.2, 0) is 6.54 Å². The number of nitrogens with one attached hydrogen (secondary N) is 1. The number of hydrogen-bond acceptors (Lipinski definition) is 4. The van der Waals surface area contributed by atoms with Crippen LogP contribution in [0.15, 0.2) is 30.6 Å². The molecule has 0 amide bonds. The third kappa shape index (κ3) is 2.93. The lowest BCUT2D eigenvalue weighted by Crippen LogP contribution is -2.13. The average molecular weight is 241 g/mol. The van der Waals surface area contributed by atoms with E-state index in [0.29, 0.717) is 0 Å². The summed E-state index contributed by atoms with van der Waals surface area (Å²) in [7, 11) is 0. The first-order valence-corrected chi connectivity index (χ1v) is 5.95. The molecule has 0 radical (unpaired) electrons. The van der Waals surface area contributed by atoms with E-state index in [1.807, 2.05) is 24.3 Å². The van der Waals surface area contributed by atoms with Gasteiger partial charge in [-0.2, -0.15) is 5.26 Å². The van der Waals surface area contributed by atoms with Crippen LogP contribution >= 0.6 is 0 Å². The fourth-order valence-corrected chi connectivity index (χ4v) is 1.66. The number of aromatic nitrogens is 3. The van der Waals surface area contributed by atoms with Crippen molar-refractivity contribution in [3.8, 4) is 11.8 Å². The van der Waals surface area contributed by atoms with Crippen molar-refractivity contribution in [2.75, 3.05) is 6.54 Å². The molecule has 0 aliphatic carbocycles. The predicted molar refractivity (Wildman–Crippen MR) is 68.1 cm³/mol. The Morgan fingerprint density at radius 1 is 1.44 bits per heavy atom. The molecule has 0 unspecified atom stereocenters. The monoisotopic (exact) mass is 241 g/mol. The molecule has 0 aliphatic rings. The molecule has 18 heavy (non-hydrogen) atoms. The van der Waals surface area contributed by atoms with Gasteiger partial charge in [0.05, 0.1) is 5.69 Å². The van der Waals surface area contributed by atoms with Gasteiger partial charge in [0.2, 0.25) is 0 Å². The molecule has 1 N–H and O–H groups in total. The van der Waals surface area contributed by atoms with E-state index in [-0.39, 0.29) is 5.82 Å². The van der Waals surface area contributed by atoms with Gasteiger partial charge in [0, 0.05) is 6.54 Å². The Bertz CT molecular complexity index is 553. The number of rotatable bonds is 5. The van der Waals surface area contributed by atoms with Crippen molar-refractivity contribution in [1.29, 1.82) is 5.26 Å². The molecule has 2 rings (SSSR count). The number of nitrogens with zero attached hydrogens (tertiary/aromatic N) is 4. The second-order valence-corrected chi connectivity index (χ2v) is 3.97. The van der Waals surface area contributed by atoms with Crippen molar-refractivity contribution < 1.29 is 0 Å². The molecule has 0 bridgehead atoms. The maximum absolute atomic E-state index is 8.70. The summed E-state index contributed by atoms with van der Waals surface area (Å²) in [5.74, 6) is 0.185. The normalized spacial score (nSPS) is 10.2. The number of hydrogen-bond donors (Lipinski definition) is 1. The summed E-state index contributed by atoms with van der Waals surface area (Å²) in [5.41, 5.74) is 2.11. The summed E-state index contributed by atoms with van der Waals surface area (Å²) in [6, 6.07) is 9.94. The molecule has 0 fully saturated rings. The summed E-state index contributed by atoms with van der Waals surface area (Å²) < 4.78 is 1.61. The van der Waals surface area contributed by atoms with Gasteiger partial charge < -0.3 is 5.32 Å². The summed E-state index contributed by atoms with van der Waals surface area (Å²) in [5, 5.41) is 16.1. The first-order valence-electron chi connectivity index (χ1n) is 5.95. The highest BCUT2D eigenvalue weighted by Gasteiger charge is 2.02. The van der Waals surface area contributed by atoms with E-state index in [1.165, 1.54) is 5.56 Å². The molecule has 0 saturated carbocycles. The van der Waals surface area contributed by atoms with Crippen LogP contribution in [0.3, 0.4) is 0 Å². The van der Waals surface area contributed by atoms with Crippen molar-refractivity contribution in [2.24, 2.45) is 0 Å². The molecule has 0 atom stereocenters. The Morgan fingerprint density at radius 2 is 2.33 bits per heavy atom. The molecule has 1 aromatic heterocycles. The lowest BCUT2D eigenvalue weighted by molar-refractivity contribution is 0.675. The fourth-order valence-electron chi connectivity index (χ4n) is 1.66. The minimum absolute atomic E-state index is 0.185. The highest BCUT2D eigenvalue weighted by atomic mass is 15.3. The zero-order chi connectivity index (χ0) is 12.8. The van der Waals surface area contributed by atoms with Crippen LogP contribution < -0.4 is 5.32 Å². The molecule has 5 nitrogen and oxygen atoms in total. The SMILES string of the molecule is CCCNCc1cccc(-n2cnc(C#N)n2)c1. The largest absolute Gasteiger partial charge is 0.313 e. The standard InChI is InChI=1S/C13H15N5/c1-2-6-15-9-11-4-3-5-12(7-11)18-10-16-13(8-14)17-18/h3-5,7,10,15H,2,6,9H2,1H3. The van der Waals surface area contributed by atoms with Gasteiger partial charge in [0.15, 0.2) is 0 Å². The highest BCUT2D eigenvalue weighted by Crippen LogP contribution is 2.09. The minimum Gasteiger partial charge on any atom is -0.313 e. The van der Waals surface area contributed by atoms with Gasteiger partial charge in [-0.05, 0) is 30.7 Å². The van der Waals surface area contributed by atoms with E-state index < -0.39 is 0 Å². The summed E-state index contributed by atoms with van der Waals surface area (Å²) in [4.78, 5) is 3.89. The molecule has 0 saturated heterocycles. The van der Waals surface area contributed by atoms with Gasteiger partial charge in [0.25, 0.3) is 5.82 Å². The Hall–Kier alpha value is -2.19. The zero-order valence-electron chi connectivity index (χ0n) is 10.3. The lowest BCUT2D eigenvalue weighted by atomic mass is 10.2. The van der Waals surface area contributed by atoms with Crippen LogP contribution in [0.1, 0.15) is 24.7 Å². The maximum atomic E-state index is 8.70. The fraction of sp³-hybridized carbons (Fsp3) is 0.308. The Labute approximate surface area is 106 Å². The van der Waals surface area contributed by atoms with Crippen LogP contribution in [0.2, 0.25) is 0 Å². The quantitative estimate of drug-likeness (QED) is 0.808. The summed E-state index contributed by atoms with van der Waals surface area (Å²) in [6.07, 6.45) is 2.67. The molecule has 2 aromatic rings. The second kappa shape index (κ2) is 5.94. The lowest BCUT2D eigenvalue weighted by Gasteiger charge is -2.05. The van der Waals surface area contributed by atoms with Gasteiger partial charge in [-0.1, -0.05) is 19.1 Å². The smallest absolute Gasteiger partial charge is 0.252 e. The molecule has 0 aliphatic heterocycles.